The average Bonchev–Trinajstić information content (AvgIpc) is 3.33. The van der Waals surface area contributed by atoms with E-state index in [4.69, 9.17) is 15.2 Å². The summed E-state index contributed by atoms with van der Waals surface area (Å²) < 4.78 is 10.5. The van der Waals surface area contributed by atoms with Crippen LogP contribution in [0.1, 0.15) is 27.9 Å². The summed E-state index contributed by atoms with van der Waals surface area (Å²) in [5.41, 5.74) is 6.96. The van der Waals surface area contributed by atoms with E-state index in [-0.39, 0.29) is 18.0 Å². The molecule has 1 saturated heterocycles. The number of rotatable bonds is 5. The van der Waals surface area contributed by atoms with Crippen molar-refractivity contribution in [2.24, 2.45) is 0 Å². The Morgan fingerprint density at radius 1 is 1.31 bits per heavy atom. The average molecular weight is 473 g/mol. The number of aromatic nitrogens is 1. The van der Waals surface area contributed by atoms with Crippen molar-refractivity contribution in [3.05, 3.63) is 58.2 Å². The molecule has 1 aromatic carbocycles. The normalized spacial score (nSPS) is 23.4. The molecule has 1 fully saturated rings. The summed E-state index contributed by atoms with van der Waals surface area (Å²) in [5.74, 6) is -1.67. The summed E-state index contributed by atoms with van der Waals surface area (Å²) in [5, 5.41) is 4.32. The fraction of sp³-hybridized carbons (Fsp3) is 0.250. The molecule has 0 spiro atoms. The Hall–Kier alpha value is -3.38. The number of β-lactam (4-membered cyclic amide) rings is 1. The lowest BCUT2D eigenvalue weighted by atomic mass is 10.0. The van der Waals surface area contributed by atoms with Gasteiger partial charge in [-0.25, -0.2) is 14.6 Å². The number of thiazole rings is 1. The third kappa shape index (κ3) is 3.50. The zero-order chi connectivity index (χ0) is 22.4. The van der Waals surface area contributed by atoms with Crippen molar-refractivity contribution in [3.8, 4) is 0 Å². The van der Waals surface area contributed by atoms with Gasteiger partial charge in [0.2, 0.25) is 5.91 Å². The first kappa shape index (κ1) is 20.5. The van der Waals surface area contributed by atoms with Gasteiger partial charge in [-0.15, -0.1) is 23.1 Å². The number of ether oxygens (including phenoxy) is 2. The van der Waals surface area contributed by atoms with Gasteiger partial charge >= 0.3 is 11.9 Å². The molecule has 12 heteroatoms. The number of nitrogens with zero attached hydrogens (tertiary/aromatic N) is 2. The highest BCUT2D eigenvalue weighted by molar-refractivity contribution is 8.00. The van der Waals surface area contributed by atoms with Crippen molar-refractivity contribution in [2.75, 3.05) is 11.5 Å². The van der Waals surface area contributed by atoms with E-state index in [0.29, 0.717) is 27.7 Å². The van der Waals surface area contributed by atoms with Gasteiger partial charge in [-0.2, -0.15) is 0 Å². The minimum atomic E-state index is -1.17. The van der Waals surface area contributed by atoms with Crippen molar-refractivity contribution in [3.63, 3.8) is 0 Å². The Morgan fingerprint density at radius 3 is 2.91 bits per heavy atom. The summed E-state index contributed by atoms with van der Waals surface area (Å²) in [4.78, 5) is 55.1. The minimum Gasteiger partial charge on any atom is -0.417 e. The summed E-state index contributed by atoms with van der Waals surface area (Å²) in [7, 11) is 0. The first-order valence-electron chi connectivity index (χ1n) is 9.57. The van der Waals surface area contributed by atoms with E-state index in [1.165, 1.54) is 28.0 Å². The smallest absolute Gasteiger partial charge is 0.358 e. The standard InChI is InChI=1S/C20H16N4O6S2/c21-20-22-9(8-32-20)7-13(25)23-14-15(26)24-12(5-6-31-16(14)24)18(28)30-19-11-4-2-1-3-10(11)17(27)29-19/h1-5,8,14,16,19H,6-7H2,(H2,21,22)(H,23,25)/t14?,16-,19?/m1/s1. The molecule has 4 heterocycles. The van der Waals surface area contributed by atoms with Gasteiger partial charge in [-0.1, -0.05) is 18.2 Å². The van der Waals surface area contributed by atoms with Crippen LogP contribution in [0.4, 0.5) is 5.13 Å². The number of anilines is 1. The molecule has 5 rings (SSSR count). The monoisotopic (exact) mass is 472 g/mol. The van der Waals surface area contributed by atoms with Crippen LogP contribution in [-0.2, 0) is 30.3 Å². The van der Waals surface area contributed by atoms with Gasteiger partial charge in [-0.05, 0) is 12.1 Å². The number of nitrogens with one attached hydrogen (secondary N) is 1. The fourth-order valence-electron chi connectivity index (χ4n) is 3.68. The highest BCUT2D eigenvalue weighted by Gasteiger charge is 2.53. The van der Waals surface area contributed by atoms with Crippen molar-refractivity contribution in [1.29, 1.82) is 0 Å². The number of thioether (sulfide) groups is 1. The highest BCUT2D eigenvalue weighted by atomic mass is 32.2. The second kappa shape index (κ2) is 7.95. The highest BCUT2D eigenvalue weighted by Crippen LogP contribution is 2.39. The van der Waals surface area contributed by atoms with Crippen LogP contribution in [0.15, 0.2) is 41.4 Å². The molecule has 0 aliphatic carbocycles. The summed E-state index contributed by atoms with van der Waals surface area (Å²) in [6.07, 6.45) is 0.421. The number of nitrogen functional groups attached to an aromatic ring is 1. The summed E-state index contributed by atoms with van der Waals surface area (Å²) >= 11 is 2.65. The molecule has 2 amide bonds. The fourth-order valence-corrected chi connectivity index (χ4v) is 5.44. The molecule has 2 aromatic rings. The van der Waals surface area contributed by atoms with Crippen molar-refractivity contribution in [1.82, 2.24) is 15.2 Å². The van der Waals surface area contributed by atoms with Crippen LogP contribution in [0.25, 0.3) is 0 Å². The van der Waals surface area contributed by atoms with Crippen molar-refractivity contribution in [2.45, 2.75) is 24.1 Å². The summed E-state index contributed by atoms with van der Waals surface area (Å²) in [6.45, 7) is 0. The van der Waals surface area contributed by atoms with E-state index >= 15 is 0 Å². The largest absolute Gasteiger partial charge is 0.417 e. The van der Waals surface area contributed by atoms with Crippen molar-refractivity contribution < 1.29 is 28.7 Å². The molecule has 3 aliphatic rings. The topological polar surface area (TPSA) is 141 Å². The van der Waals surface area contributed by atoms with Crippen LogP contribution in [0.3, 0.4) is 0 Å². The van der Waals surface area contributed by atoms with E-state index in [0.717, 1.165) is 0 Å². The molecule has 1 aromatic heterocycles. The Balaban J connectivity index is 1.23. The lowest BCUT2D eigenvalue weighted by Crippen LogP contribution is -2.70. The number of esters is 2. The molecule has 32 heavy (non-hydrogen) atoms. The SMILES string of the molecule is Nc1nc(CC(=O)NC2C(=O)N3C(C(=O)OC4OC(=O)c5ccccc54)=CCS[C@H]23)cs1. The van der Waals surface area contributed by atoms with Crippen LogP contribution >= 0.6 is 23.1 Å². The number of benzene rings is 1. The van der Waals surface area contributed by atoms with Crippen LogP contribution in [0.5, 0.6) is 0 Å². The number of nitrogens with two attached hydrogens (primary N) is 1. The quantitative estimate of drug-likeness (QED) is 0.481. The maximum Gasteiger partial charge on any atom is 0.358 e. The van der Waals surface area contributed by atoms with Crippen LogP contribution in [0.2, 0.25) is 0 Å². The van der Waals surface area contributed by atoms with Gasteiger partial charge in [-0.3, -0.25) is 14.5 Å². The number of amides is 2. The number of carbonyl (C=O) groups excluding carboxylic acids is 4. The number of carbonyl (C=O) groups is 4. The Bertz CT molecular complexity index is 1180. The summed E-state index contributed by atoms with van der Waals surface area (Å²) in [6, 6.07) is 5.87. The van der Waals surface area contributed by atoms with Gasteiger partial charge in [0.05, 0.1) is 17.7 Å². The molecule has 3 N–H and O–H groups in total. The molecule has 0 bridgehead atoms. The zero-order valence-corrected chi connectivity index (χ0v) is 18.0. The van der Waals surface area contributed by atoms with Crippen LogP contribution < -0.4 is 11.1 Å². The second-order valence-electron chi connectivity index (χ2n) is 7.15. The van der Waals surface area contributed by atoms with E-state index in [1.54, 1.807) is 35.7 Å². The second-order valence-corrected chi connectivity index (χ2v) is 9.19. The Labute approximate surface area is 189 Å². The predicted molar refractivity (Wildman–Crippen MR) is 114 cm³/mol. The van der Waals surface area contributed by atoms with E-state index < -0.39 is 35.6 Å². The van der Waals surface area contributed by atoms with Crippen molar-refractivity contribution >= 4 is 52.0 Å². The number of hydrogen-bond acceptors (Lipinski definition) is 10. The first-order chi connectivity index (χ1) is 15.4. The zero-order valence-electron chi connectivity index (χ0n) is 16.3. The van der Waals surface area contributed by atoms with E-state index in [9.17, 15) is 19.2 Å². The Morgan fingerprint density at radius 2 is 2.12 bits per heavy atom. The molecule has 10 nitrogen and oxygen atoms in total. The molecule has 2 unspecified atom stereocenters. The third-order valence-electron chi connectivity index (χ3n) is 5.15. The van der Waals surface area contributed by atoms with Gasteiger partial charge in [0.15, 0.2) is 5.13 Å². The van der Waals surface area contributed by atoms with E-state index in [2.05, 4.69) is 10.3 Å². The van der Waals surface area contributed by atoms with E-state index in [1.807, 2.05) is 0 Å². The number of hydrogen-bond donors (Lipinski definition) is 2. The van der Waals surface area contributed by atoms with Gasteiger partial charge in [0.1, 0.15) is 17.1 Å². The third-order valence-corrected chi connectivity index (χ3v) is 7.05. The number of fused-ring (bicyclic) bond motifs is 2. The van der Waals surface area contributed by atoms with Crippen LogP contribution in [-0.4, -0.2) is 50.8 Å². The predicted octanol–water partition coefficient (Wildman–Crippen LogP) is 0.964. The molecule has 0 radical (unpaired) electrons. The minimum absolute atomic E-state index is 0.00601. The lowest BCUT2D eigenvalue weighted by molar-refractivity contribution is -0.168. The van der Waals surface area contributed by atoms with Gasteiger partial charge in [0, 0.05) is 16.7 Å². The molecule has 3 atom stereocenters. The maximum atomic E-state index is 12.8. The molecule has 3 aliphatic heterocycles. The molecular weight excluding hydrogens is 456 g/mol. The number of cyclic esters (lactones) is 1. The first-order valence-corrected chi connectivity index (χ1v) is 11.5. The Kier molecular flexibility index (Phi) is 5.10. The molecule has 164 valence electrons. The lowest BCUT2D eigenvalue weighted by Gasteiger charge is -2.48. The maximum absolute atomic E-state index is 12.8. The molecular formula is C20H16N4O6S2. The molecule has 0 saturated carbocycles. The van der Waals surface area contributed by atoms with Gasteiger partial charge in [0.25, 0.3) is 12.2 Å². The van der Waals surface area contributed by atoms with Crippen LogP contribution in [0, 0.1) is 0 Å². The van der Waals surface area contributed by atoms with Gasteiger partial charge < -0.3 is 20.5 Å².